The largest absolute Gasteiger partial charge is 0.477 e. The van der Waals surface area contributed by atoms with E-state index < -0.39 is 232 Å². The minimum Gasteiger partial charge on any atom is -0.477 e. The van der Waals surface area contributed by atoms with Crippen LogP contribution in [0.5, 0.6) is 0 Å². The van der Waals surface area contributed by atoms with Crippen molar-refractivity contribution >= 4 is 34.1 Å². The smallest absolute Gasteiger partial charge is 0.397 e. The average molecular weight is 1120 g/mol. The van der Waals surface area contributed by atoms with Gasteiger partial charge in [0.2, 0.25) is 17.7 Å². The molecular weight excluding hydrogens is 1050 g/mol. The van der Waals surface area contributed by atoms with Gasteiger partial charge in [-0.05, 0) is 0 Å². The van der Waals surface area contributed by atoms with Crippen LogP contribution in [0, 0.1) is 0 Å². The van der Waals surface area contributed by atoms with Crippen LogP contribution in [0.1, 0.15) is 27.2 Å². The maximum Gasteiger partial charge on any atom is 0.397 e. The molecule has 5 rings (SSSR count). The lowest BCUT2D eigenvalue weighted by molar-refractivity contribution is -0.383. The topological polar surface area (TPSA) is 554 Å². The standard InChI is InChI=1S/C39H65N3O32S/c1-10(46)40-19-13(49)4-39(38(60)61,73-32(19)22(51)14(50)5-43)74-33-24(53)15(6-44)68-37(29(33)58)71-30-16(7-45)69-35(20(26(30)55)41-11(2)47)65-8-17-25(54)31(21(34(59)67-17)42-12(3)48)72-36-28(57)27(56)23(52)18(70-36)9-66-75(62,63)64/h13-37,43-45,49-59H,4-9H2,1-3H3,(H,40,46)(H,41,47)(H,42,48)(H,60,61)(H,62,63,64)/t13-,14+,15+,16+,17+,18+,19+,20+,21+,22+,23-,24-,25-,26+,27-,28+,29+,30+,31+,32+,33-,34-,35+,36-,37-,39-/m0/s1. The number of carboxylic acids is 1. The molecule has 5 fully saturated rings. The number of hydrogen-bond donors (Lipinski definition) is 19. The van der Waals surface area contributed by atoms with Gasteiger partial charge in [0, 0.05) is 27.2 Å². The molecule has 35 nitrogen and oxygen atoms in total. The Balaban J connectivity index is 1.36. The van der Waals surface area contributed by atoms with E-state index in [1.54, 1.807) is 0 Å². The van der Waals surface area contributed by atoms with Crippen molar-refractivity contribution < 1.29 is 156 Å². The second kappa shape index (κ2) is 26.2. The van der Waals surface area contributed by atoms with Gasteiger partial charge in [-0.1, -0.05) is 0 Å². The van der Waals surface area contributed by atoms with Crippen LogP contribution >= 0.6 is 0 Å². The fourth-order valence-electron chi connectivity index (χ4n) is 8.98. The first-order valence-corrected chi connectivity index (χ1v) is 24.2. The molecular formula is C39H65N3O32S. The maximum absolute atomic E-state index is 12.9. The van der Waals surface area contributed by atoms with Crippen LogP contribution in [0.25, 0.3) is 0 Å². The van der Waals surface area contributed by atoms with E-state index in [0.29, 0.717) is 0 Å². The predicted molar refractivity (Wildman–Crippen MR) is 229 cm³/mol. The number of carbonyl (C=O) groups is 4. The van der Waals surface area contributed by atoms with Crippen molar-refractivity contribution in [3.8, 4) is 0 Å². The molecule has 5 saturated heterocycles. The molecule has 0 aromatic carbocycles. The van der Waals surface area contributed by atoms with Crippen molar-refractivity contribution in [1.82, 2.24) is 16.0 Å². The lowest BCUT2D eigenvalue weighted by Crippen LogP contribution is -2.71. The van der Waals surface area contributed by atoms with Crippen LogP contribution in [0.15, 0.2) is 0 Å². The minimum atomic E-state index is -5.13. The zero-order valence-electron chi connectivity index (χ0n) is 39.8. The number of carbonyl (C=O) groups excluding carboxylic acids is 3. The van der Waals surface area contributed by atoms with Gasteiger partial charge in [-0.25, -0.2) is 8.98 Å². The van der Waals surface area contributed by atoms with Gasteiger partial charge in [0.1, 0.15) is 116 Å². The molecule has 0 aromatic heterocycles. The molecule has 5 aliphatic rings. The van der Waals surface area contributed by atoms with Gasteiger partial charge < -0.3 is 135 Å². The second-order valence-electron chi connectivity index (χ2n) is 18.2. The van der Waals surface area contributed by atoms with Crippen molar-refractivity contribution in [2.45, 2.75) is 186 Å². The summed E-state index contributed by atoms with van der Waals surface area (Å²) in [4.78, 5) is 49.6. The molecule has 0 radical (unpaired) electrons. The molecule has 0 spiro atoms. The highest BCUT2D eigenvalue weighted by Crippen LogP contribution is 2.39. The van der Waals surface area contributed by atoms with E-state index in [2.05, 4.69) is 20.1 Å². The summed E-state index contributed by atoms with van der Waals surface area (Å²) in [5, 5.41) is 168. The summed E-state index contributed by atoms with van der Waals surface area (Å²) in [5.41, 5.74) is 0. The average Bonchev–Trinajstić information content (AvgIpc) is 3.33. The number of aliphatic hydroxyl groups is 14. The number of carboxylic acid groups (broad SMARTS) is 1. The van der Waals surface area contributed by atoms with Crippen molar-refractivity contribution in [2.75, 3.05) is 33.0 Å². The van der Waals surface area contributed by atoms with E-state index >= 15 is 0 Å². The molecule has 19 N–H and O–H groups in total. The SMILES string of the molecule is CC(=O)N[C@@H]1[C@@H](O[C@@H]2O[C@H](COS(=O)(=O)O)[C@H](O)[C@H](O)[C@H]2O)[C@@H](O)[C@@H](CO[C@@H]2O[C@H](CO)[C@@H](O[C@@H]3O[C@H](CO)[C@H](O)[C@H](O[C@]4(C(=O)O)C[C@H](O)[C@@H](NC(C)=O)[C@H]([C@H](O)[C@H](O)CO)O4)[C@H]3O)[C@H](O)[C@H]2NC(C)=O)O[C@@H]1O. The van der Waals surface area contributed by atoms with Crippen LogP contribution in [0.4, 0.5) is 0 Å². The van der Waals surface area contributed by atoms with Gasteiger partial charge in [0.05, 0.1) is 45.2 Å². The first kappa shape index (κ1) is 62.7. The number of amides is 3. The summed E-state index contributed by atoms with van der Waals surface area (Å²) >= 11 is 0. The van der Waals surface area contributed by atoms with Gasteiger partial charge in [-0.3, -0.25) is 18.9 Å². The molecule has 0 bridgehead atoms. The summed E-state index contributed by atoms with van der Waals surface area (Å²) < 4.78 is 86.4. The minimum absolute atomic E-state index is 0.822. The number of ether oxygens (including phenoxy) is 9. The van der Waals surface area contributed by atoms with Crippen LogP contribution in [0.2, 0.25) is 0 Å². The quantitative estimate of drug-likeness (QED) is 0.0475. The van der Waals surface area contributed by atoms with E-state index in [1.807, 2.05) is 0 Å². The fourth-order valence-corrected chi connectivity index (χ4v) is 9.29. The van der Waals surface area contributed by atoms with E-state index in [4.69, 9.17) is 47.2 Å². The molecule has 5 aliphatic heterocycles. The molecule has 5 heterocycles. The van der Waals surface area contributed by atoms with Crippen molar-refractivity contribution in [3.63, 3.8) is 0 Å². The Morgan fingerprint density at radius 2 is 1.13 bits per heavy atom. The lowest BCUT2D eigenvalue weighted by atomic mass is 9.88. The number of hydrogen-bond acceptors (Lipinski definition) is 30. The zero-order chi connectivity index (χ0) is 56.2. The highest BCUT2D eigenvalue weighted by atomic mass is 32.3. The molecule has 0 aromatic rings. The molecule has 0 aliphatic carbocycles. The first-order chi connectivity index (χ1) is 35.0. The van der Waals surface area contributed by atoms with Crippen LogP contribution in [-0.2, 0) is 76.4 Å². The third kappa shape index (κ3) is 14.8. The van der Waals surface area contributed by atoms with E-state index in [1.165, 1.54) is 0 Å². The molecule has 3 amide bonds. The Labute approximate surface area is 424 Å². The number of aliphatic carboxylic acids is 1. The zero-order valence-corrected chi connectivity index (χ0v) is 40.6. The van der Waals surface area contributed by atoms with E-state index in [-0.39, 0.29) is 0 Å². The fraction of sp³-hybridized carbons (Fsp3) is 0.897. The number of aliphatic hydroxyl groups excluding tert-OH is 14. The molecule has 26 atom stereocenters. The Hall–Kier alpha value is -3.17. The van der Waals surface area contributed by atoms with Gasteiger partial charge >= 0.3 is 16.4 Å². The second-order valence-corrected chi connectivity index (χ2v) is 19.2. The summed E-state index contributed by atoms with van der Waals surface area (Å²) in [5.74, 6) is -7.79. The van der Waals surface area contributed by atoms with E-state index in [9.17, 15) is 104 Å². The van der Waals surface area contributed by atoms with Gasteiger partial charge in [-0.15, -0.1) is 0 Å². The molecule has 36 heteroatoms. The first-order valence-electron chi connectivity index (χ1n) is 22.9. The lowest BCUT2D eigenvalue weighted by Gasteiger charge is -2.51. The summed E-state index contributed by atoms with van der Waals surface area (Å²) in [6.07, 6.45) is -46.2. The third-order valence-corrected chi connectivity index (χ3v) is 13.1. The van der Waals surface area contributed by atoms with Crippen LogP contribution in [0.3, 0.4) is 0 Å². The van der Waals surface area contributed by atoms with E-state index in [0.717, 1.165) is 20.8 Å². The predicted octanol–water partition coefficient (Wildman–Crippen LogP) is -12.5. The maximum atomic E-state index is 12.9. The van der Waals surface area contributed by atoms with Gasteiger partial charge in [0.15, 0.2) is 25.2 Å². The molecule has 434 valence electrons. The van der Waals surface area contributed by atoms with Crippen molar-refractivity contribution in [3.05, 3.63) is 0 Å². The normalized spacial score (nSPS) is 43.5. The van der Waals surface area contributed by atoms with Gasteiger partial charge in [-0.2, -0.15) is 8.42 Å². The Morgan fingerprint density at radius 1 is 0.613 bits per heavy atom. The molecule has 0 saturated carbocycles. The Bertz CT molecular complexity index is 2030. The number of rotatable bonds is 21. The highest BCUT2D eigenvalue weighted by molar-refractivity contribution is 7.80. The number of nitrogens with one attached hydrogen (secondary N) is 3. The Kier molecular flexibility index (Phi) is 21.9. The summed E-state index contributed by atoms with van der Waals surface area (Å²) in [7, 11) is -5.13. The van der Waals surface area contributed by atoms with Crippen LogP contribution < -0.4 is 16.0 Å². The third-order valence-electron chi connectivity index (χ3n) is 12.7. The van der Waals surface area contributed by atoms with Crippen molar-refractivity contribution in [2.24, 2.45) is 0 Å². The van der Waals surface area contributed by atoms with Crippen LogP contribution in [-0.4, -0.2) is 305 Å². The van der Waals surface area contributed by atoms with Gasteiger partial charge in [0.25, 0.3) is 5.79 Å². The highest BCUT2D eigenvalue weighted by Gasteiger charge is 2.61. The Morgan fingerprint density at radius 3 is 1.69 bits per heavy atom. The monoisotopic (exact) mass is 1120 g/mol. The summed E-state index contributed by atoms with van der Waals surface area (Å²) in [6.45, 7) is -2.44. The summed E-state index contributed by atoms with van der Waals surface area (Å²) in [6, 6.07) is -5.14. The van der Waals surface area contributed by atoms with Crippen molar-refractivity contribution in [1.29, 1.82) is 0 Å². The molecule has 0 unspecified atom stereocenters. The molecule has 75 heavy (non-hydrogen) atoms.